The average molecular weight is 492 g/mol. The van der Waals surface area contributed by atoms with Crippen LogP contribution in [0.4, 0.5) is 0 Å². The van der Waals surface area contributed by atoms with E-state index in [1.807, 2.05) is 0 Å². The molecule has 27 heavy (non-hydrogen) atoms. The van der Waals surface area contributed by atoms with Crippen LogP contribution in [0.25, 0.3) is 0 Å². The Bertz CT molecular complexity index is 560. The zero-order chi connectivity index (χ0) is 18.9. The second-order valence-electron chi connectivity index (χ2n) is 7.20. The summed E-state index contributed by atoms with van der Waals surface area (Å²) in [5.74, 6) is 2.12. The van der Waals surface area contributed by atoms with E-state index in [9.17, 15) is 0 Å². The fraction of sp³-hybridized carbons (Fsp3) is 0.789. The summed E-state index contributed by atoms with van der Waals surface area (Å²) >= 11 is 0. The molecular weight excluding hydrogens is 455 g/mol. The number of piperazine rings is 1. The first kappa shape index (κ1) is 24.2. The molecule has 1 saturated heterocycles. The zero-order valence-electron chi connectivity index (χ0n) is 17.5. The monoisotopic (exact) mass is 492 g/mol. The first-order valence-electron chi connectivity index (χ1n) is 9.93. The molecular formula is C19H37IN6O. The maximum atomic E-state index is 5.48. The lowest BCUT2D eigenvalue weighted by molar-refractivity contribution is 0.116. The quantitative estimate of drug-likeness (QED) is 0.330. The maximum Gasteiger partial charge on any atom is 0.191 e. The van der Waals surface area contributed by atoms with Gasteiger partial charge in [-0.15, -0.1) is 24.0 Å². The van der Waals surface area contributed by atoms with Crippen LogP contribution in [-0.2, 0) is 6.54 Å². The number of likely N-dealkylation sites (N-methyl/N-ethyl adjacent to an activating group) is 2. The van der Waals surface area contributed by atoms with Gasteiger partial charge in [-0.2, -0.15) is 0 Å². The third kappa shape index (κ3) is 7.57. The Morgan fingerprint density at radius 2 is 2.00 bits per heavy atom. The van der Waals surface area contributed by atoms with Gasteiger partial charge in [-0.25, -0.2) is 4.99 Å². The highest BCUT2D eigenvalue weighted by molar-refractivity contribution is 14.0. The molecule has 0 spiro atoms. The zero-order valence-corrected chi connectivity index (χ0v) is 19.8. The molecule has 1 aliphatic heterocycles. The first-order valence-corrected chi connectivity index (χ1v) is 9.93. The normalized spacial score (nSPS) is 19.2. The summed E-state index contributed by atoms with van der Waals surface area (Å²) in [5.41, 5.74) is 1.05. The minimum atomic E-state index is 0. The highest BCUT2D eigenvalue weighted by Gasteiger charge is 2.22. The number of rotatable bonds is 8. The molecule has 156 valence electrons. The third-order valence-electron chi connectivity index (χ3n) is 5.20. The fourth-order valence-corrected chi connectivity index (χ4v) is 3.34. The predicted octanol–water partition coefficient (Wildman–Crippen LogP) is 2.50. The summed E-state index contributed by atoms with van der Waals surface area (Å²) in [7, 11) is 4.37. The van der Waals surface area contributed by atoms with Crippen molar-refractivity contribution in [3.05, 3.63) is 17.5 Å². The third-order valence-corrected chi connectivity index (χ3v) is 5.20. The molecule has 0 saturated carbocycles. The second kappa shape index (κ2) is 12.6. The van der Waals surface area contributed by atoms with Crippen LogP contribution >= 0.6 is 24.0 Å². The van der Waals surface area contributed by atoms with Crippen LogP contribution in [0.3, 0.4) is 0 Å². The molecule has 1 aromatic rings. The number of nitrogens with one attached hydrogen (secondary N) is 2. The number of hydrogen-bond acceptors (Lipinski definition) is 5. The molecule has 8 heteroatoms. The Hall–Kier alpha value is -0.870. The number of nitrogens with zero attached hydrogens (tertiary/aromatic N) is 4. The van der Waals surface area contributed by atoms with Gasteiger partial charge in [0.1, 0.15) is 6.54 Å². The molecule has 7 nitrogen and oxygen atoms in total. The maximum absolute atomic E-state index is 5.48. The van der Waals surface area contributed by atoms with Gasteiger partial charge in [0.25, 0.3) is 0 Å². The molecule has 0 aliphatic carbocycles. The predicted molar refractivity (Wildman–Crippen MR) is 122 cm³/mol. The van der Waals surface area contributed by atoms with Crippen molar-refractivity contribution in [1.82, 2.24) is 25.6 Å². The molecule has 1 aliphatic rings. The molecule has 1 unspecified atom stereocenters. The second-order valence-corrected chi connectivity index (χ2v) is 7.20. The Balaban J connectivity index is 0.00000364. The van der Waals surface area contributed by atoms with Gasteiger partial charge < -0.3 is 20.1 Å². The van der Waals surface area contributed by atoms with Crippen LogP contribution in [0, 0.1) is 0 Å². The smallest absolute Gasteiger partial charge is 0.191 e. The summed E-state index contributed by atoms with van der Waals surface area (Å²) in [6.45, 7) is 12.0. The van der Waals surface area contributed by atoms with E-state index in [1.54, 1.807) is 0 Å². The van der Waals surface area contributed by atoms with Gasteiger partial charge in [-0.1, -0.05) is 19.0 Å². The Morgan fingerprint density at radius 3 is 2.67 bits per heavy atom. The molecule has 1 fully saturated rings. The van der Waals surface area contributed by atoms with Crippen LogP contribution in [0.1, 0.15) is 51.0 Å². The Morgan fingerprint density at radius 1 is 1.26 bits per heavy atom. The van der Waals surface area contributed by atoms with Gasteiger partial charge in [-0.3, -0.25) is 4.90 Å². The van der Waals surface area contributed by atoms with Gasteiger partial charge in [0.2, 0.25) is 0 Å². The first-order chi connectivity index (χ1) is 12.6. The van der Waals surface area contributed by atoms with E-state index in [0.717, 1.165) is 63.0 Å². The van der Waals surface area contributed by atoms with E-state index in [-0.39, 0.29) is 24.0 Å². The molecule has 2 N–H and O–H groups in total. The molecule has 0 bridgehead atoms. The molecule has 2 heterocycles. The van der Waals surface area contributed by atoms with Gasteiger partial charge >= 0.3 is 0 Å². The lowest BCUT2D eigenvalue weighted by Crippen LogP contribution is -2.55. The van der Waals surface area contributed by atoms with Crippen molar-refractivity contribution < 1.29 is 4.52 Å². The summed E-state index contributed by atoms with van der Waals surface area (Å²) in [4.78, 5) is 9.46. The minimum absolute atomic E-state index is 0. The van der Waals surface area contributed by atoms with E-state index in [2.05, 4.69) is 71.5 Å². The number of hydrogen-bond donors (Lipinski definition) is 2. The largest absolute Gasteiger partial charge is 0.359 e. The number of aromatic nitrogens is 1. The molecule has 0 amide bonds. The van der Waals surface area contributed by atoms with E-state index < -0.39 is 0 Å². The number of guanidine groups is 1. The number of aliphatic imine (C=N–C) groups is 1. The molecule has 2 rings (SSSR count). The van der Waals surface area contributed by atoms with Crippen molar-refractivity contribution in [1.29, 1.82) is 0 Å². The topological polar surface area (TPSA) is 68.9 Å². The van der Waals surface area contributed by atoms with Gasteiger partial charge in [0.15, 0.2) is 11.7 Å². The van der Waals surface area contributed by atoms with Crippen LogP contribution in [-0.4, -0.2) is 73.8 Å². The van der Waals surface area contributed by atoms with Crippen molar-refractivity contribution >= 4 is 29.9 Å². The Kier molecular flexibility index (Phi) is 11.2. The fourth-order valence-electron chi connectivity index (χ4n) is 3.34. The van der Waals surface area contributed by atoms with Crippen molar-refractivity contribution in [2.75, 3.05) is 46.8 Å². The molecule has 0 aromatic carbocycles. The van der Waals surface area contributed by atoms with Crippen molar-refractivity contribution in [3.8, 4) is 0 Å². The Labute approximate surface area is 181 Å². The van der Waals surface area contributed by atoms with E-state index in [0.29, 0.717) is 18.5 Å². The summed E-state index contributed by atoms with van der Waals surface area (Å²) < 4.78 is 5.48. The highest BCUT2D eigenvalue weighted by atomic mass is 127. The lowest BCUT2D eigenvalue weighted by Gasteiger charge is -2.37. The summed E-state index contributed by atoms with van der Waals surface area (Å²) in [5, 5.41) is 11.0. The van der Waals surface area contributed by atoms with Crippen molar-refractivity contribution in [3.63, 3.8) is 0 Å². The molecule has 1 aromatic heterocycles. The lowest BCUT2D eigenvalue weighted by atomic mass is 9.99. The molecule has 0 radical (unpaired) electrons. The van der Waals surface area contributed by atoms with Crippen molar-refractivity contribution in [2.24, 2.45) is 4.99 Å². The average Bonchev–Trinajstić information content (AvgIpc) is 3.10. The van der Waals surface area contributed by atoms with E-state index >= 15 is 0 Å². The van der Waals surface area contributed by atoms with Crippen LogP contribution in [0.5, 0.6) is 0 Å². The molecule has 1 atom stereocenters. The standard InChI is InChI=1S/C19H36N6O.HI/c1-6-15(7-2)18-11-17(26-23-18)13-22-19(20-8-3)21-12-16-14-24(4)9-10-25(16)5;/h11,15-16H,6-10,12-14H2,1-5H3,(H2,20,21,22);1H. The van der Waals surface area contributed by atoms with Gasteiger partial charge in [0, 0.05) is 50.7 Å². The van der Waals surface area contributed by atoms with E-state index in [4.69, 9.17) is 4.52 Å². The van der Waals surface area contributed by atoms with Crippen LogP contribution in [0.15, 0.2) is 15.6 Å². The highest BCUT2D eigenvalue weighted by Crippen LogP contribution is 2.22. The number of halogens is 1. The summed E-state index contributed by atoms with van der Waals surface area (Å²) in [6.07, 6.45) is 2.17. The van der Waals surface area contributed by atoms with Gasteiger partial charge in [0.05, 0.1) is 5.69 Å². The van der Waals surface area contributed by atoms with Crippen LogP contribution < -0.4 is 10.6 Å². The van der Waals surface area contributed by atoms with Gasteiger partial charge in [-0.05, 0) is 33.9 Å². The summed E-state index contributed by atoms with van der Waals surface area (Å²) in [6, 6.07) is 2.54. The van der Waals surface area contributed by atoms with Crippen LogP contribution in [0.2, 0.25) is 0 Å². The minimum Gasteiger partial charge on any atom is -0.359 e. The van der Waals surface area contributed by atoms with E-state index in [1.165, 1.54) is 0 Å². The van der Waals surface area contributed by atoms with Crippen molar-refractivity contribution in [2.45, 2.75) is 52.1 Å². The SMILES string of the molecule is CCNC(=NCc1cc(C(CC)CC)no1)NCC1CN(C)CCN1C.I.